The highest BCUT2D eigenvalue weighted by molar-refractivity contribution is 5.54. The zero-order valence-electron chi connectivity index (χ0n) is 8.11. The molecule has 1 unspecified atom stereocenters. The third kappa shape index (κ3) is 1.07. The number of hydrogen-bond acceptors (Lipinski definition) is 1. The van der Waals surface area contributed by atoms with Crippen LogP contribution in [-0.4, -0.2) is 10.4 Å². The molecule has 0 spiro atoms. The fourth-order valence-corrected chi connectivity index (χ4v) is 2.37. The van der Waals surface area contributed by atoms with Gasteiger partial charge in [-0.15, -0.1) is 0 Å². The van der Waals surface area contributed by atoms with Gasteiger partial charge in [0.15, 0.2) is 0 Å². The van der Waals surface area contributed by atoms with E-state index in [4.69, 9.17) is 5.73 Å². The summed E-state index contributed by atoms with van der Waals surface area (Å²) in [6.45, 7) is 0. The molecule has 2 N–H and O–H groups in total. The molecule has 1 atom stereocenters. The molecule has 1 aliphatic carbocycles. The average Bonchev–Trinajstić information content (AvgIpc) is 2.56. The number of aryl methyl sites for hydroxylation is 1. The van der Waals surface area contributed by atoms with E-state index in [0.29, 0.717) is 6.04 Å². The predicted molar refractivity (Wildman–Crippen MR) is 57.4 cm³/mol. The summed E-state index contributed by atoms with van der Waals surface area (Å²) in [5, 5.41) is 0. The first kappa shape index (κ1) is 8.06. The number of aromatic nitrogens is 1. The van der Waals surface area contributed by atoms with Gasteiger partial charge in [-0.05, 0) is 36.6 Å². The standard InChI is InChI=1S/C12H14N2/c13-10-5-4-9-7-11-3-1-2-6-14(11)12(9)8-10/h1-3,6-7,10H,4-5,8,13H2. The second kappa shape index (κ2) is 2.85. The van der Waals surface area contributed by atoms with Gasteiger partial charge in [-0.3, -0.25) is 0 Å². The van der Waals surface area contributed by atoms with Gasteiger partial charge in [-0.25, -0.2) is 0 Å². The SMILES string of the molecule is NC1CCc2cc3ccccn3c2C1. The Morgan fingerprint density at radius 3 is 3.21 bits per heavy atom. The summed E-state index contributed by atoms with van der Waals surface area (Å²) >= 11 is 0. The van der Waals surface area contributed by atoms with Gasteiger partial charge in [0, 0.05) is 29.9 Å². The molecule has 0 bridgehead atoms. The molecule has 0 aliphatic heterocycles. The number of fused-ring (bicyclic) bond motifs is 3. The van der Waals surface area contributed by atoms with Crippen LogP contribution in [0.1, 0.15) is 17.7 Å². The molecule has 0 fully saturated rings. The second-order valence-corrected chi connectivity index (χ2v) is 4.11. The number of nitrogens with two attached hydrogens (primary N) is 1. The van der Waals surface area contributed by atoms with Crippen LogP contribution in [0.3, 0.4) is 0 Å². The minimum atomic E-state index is 0.348. The minimum absolute atomic E-state index is 0.348. The van der Waals surface area contributed by atoms with E-state index < -0.39 is 0 Å². The summed E-state index contributed by atoms with van der Waals surface area (Å²) in [5.41, 5.74) is 10.2. The average molecular weight is 186 g/mol. The van der Waals surface area contributed by atoms with Crippen LogP contribution in [0.15, 0.2) is 30.5 Å². The van der Waals surface area contributed by atoms with Crippen LogP contribution in [0, 0.1) is 0 Å². The van der Waals surface area contributed by atoms with Gasteiger partial charge < -0.3 is 10.1 Å². The molecule has 0 radical (unpaired) electrons. The third-order valence-corrected chi connectivity index (χ3v) is 3.11. The summed E-state index contributed by atoms with van der Waals surface area (Å²) in [5.74, 6) is 0. The molecule has 2 nitrogen and oxygen atoms in total. The largest absolute Gasteiger partial charge is 0.327 e. The first-order chi connectivity index (χ1) is 6.84. The van der Waals surface area contributed by atoms with Crippen molar-refractivity contribution in [1.29, 1.82) is 0 Å². The Morgan fingerprint density at radius 2 is 2.29 bits per heavy atom. The van der Waals surface area contributed by atoms with E-state index >= 15 is 0 Å². The summed E-state index contributed by atoms with van der Waals surface area (Å²) in [6, 6.07) is 8.96. The van der Waals surface area contributed by atoms with Gasteiger partial charge in [0.1, 0.15) is 0 Å². The van der Waals surface area contributed by atoms with Crippen molar-refractivity contribution in [1.82, 2.24) is 4.40 Å². The number of hydrogen-bond donors (Lipinski definition) is 1. The quantitative estimate of drug-likeness (QED) is 0.667. The number of rotatable bonds is 0. The van der Waals surface area contributed by atoms with Crippen molar-refractivity contribution >= 4 is 5.52 Å². The summed E-state index contributed by atoms with van der Waals surface area (Å²) in [4.78, 5) is 0. The van der Waals surface area contributed by atoms with Gasteiger partial charge in [0.05, 0.1) is 0 Å². The highest BCUT2D eigenvalue weighted by atomic mass is 14.9. The second-order valence-electron chi connectivity index (χ2n) is 4.11. The van der Waals surface area contributed by atoms with Crippen LogP contribution in [0.25, 0.3) is 5.52 Å². The smallest absolute Gasteiger partial charge is 0.0455 e. The zero-order valence-corrected chi connectivity index (χ0v) is 8.11. The molecule has 1 aliphatic rings. The van der Waals surface area contributed by atoms with Gasteiger partial charge >= 0.3 is 0 Å². The maximum Gasteiger partial charge on any atom is 0.0455 e. The van der Waals surface area contributed by atoms with Gasteiger partial charge in [-0.1, -0.05) is 6.07 Å². The van der Waals surface area contributed by atoms with Crippen LogP contribution in [-0.2, 0) is 12.8 Å². The summed E-state index contributed by atoms with van der Waals surface area (Å²) < 4.78 is 2.27. The van der Waals surface area contributed by atoms with E-state index in [-0.39, 0.29) is 0 Å². The number of pyridine rings is 1. The van der Waals surface area contributed by atoms with Crippen molar-refractivity contribution in [2.75, 3.05) is 0 Å². The van der Waals surface area contributed by atoms with Gasteiger partial charge in [0.25, 0.3) is 0 Å². The van der Waals surface area contributed by atoms with E-state index in [0.717, 1.165) is 19.3 Å². The van der Waals surface area contributed by atoms with Crippen molar-refractivity contribution < 1.29 is 0 Å². The molecule has 2 heterocycles. The van der Waals surface area contributed by atoms with Crippen molar-refractivity contribution in [3.63, 3.8) is 0 Å². The van der Waals surface area contributed by atoms with Crippen molar-refractivity contribution in [2.24, 2.45) is 5.73 Å². The molecule has 0 aromatic carbocycles. The van der Waals surface area contributed by atoms with E-state index in [2.05, 4.69) is 34.9 Å². The predicted octanol–water partition coefficient (Wildman–Crippen LogP) is 1.76. The normalized spacial score (nSPS) is 21.1. The Kier molecular flexibility index (Phi) is 1.64. The van der Waals surface area contributed by atoms with E-state index in [9.17, 15) is 0 Å². The first-order valence-corrected chi connectivity index (χ1v) is 5.18. The van der Waals surface area contributed by atoms with Crippen LogP contribution in [0.5, 0.6) is 0 Å². The monoisotopic (exact) mass is 186 g/mol. The molecule has 3 rings (SSSR count). The molecule has 0 saturated heterocycles. The Morgan fingerprint density at radius 1 is 1.36 bits per heavy atom. The zero-order chi connectivity index (χ0) is 9.54. The minimum Gasteiger partial charge on any atom is -0.327 e. The number of nitrogens with zero attached hydrogens (tertiary/aromatic N) is 1. The lowest BCUT2D eigenvalue weighted by molar-refractivity contribution is 0.566. The highest BCUT2D eigenvalue weighted by Gasteiger charge is 2.18. The van der Waals surface area contributed by atoms with Crippen LogP contribution in [0.2, 0.25) is 0 Å². The molecule has 72 valence electrons. The molecular formula is C12H14N2. The lowest BCUT2D eigenvalue weighted by Gasteiger charge is -2.18. The maximum absolute atomic E-state index is 5.99. The van der Waals surface area contributed by atoms with Crippen molar-refractivity contribution in [3.8, 4) is 0 Å². The van der Waals surface area contributed by atoms with Gasteiger partial charge in [-0.2, -0.15) is 0 Å². The Hall–Kier alpha value is -1.28. The van der Waals surface area contributed by atoms with Crippen molar-refractivity contribution in [2.45, 2.75) is 25.3 Å². The fourth-order valence-electron chi connectivity index (χ4n) is 2.37. The van der Waals surface area contributed by atoms with Crippen LogP contribution in [0.4, 0.5) is 0 Å². The Balaban J connectivity index is 2.25. The Labute approximate surface area is 83.3 Å². The van der Waals surface area contributed by atoms with E-state index in [1.807, 2.05) is 0 Å². The van der Waals surface area contributed by atoms with Crippen LogP contribution < -0.4 is 5.73 Å². The molecular weight excluding hydrogens is 172 g/mol. The summed E-state index contributed by atoms with van der Waals surface area (Å²) in [6.07, 6.45) is 5.42. The first-order valence-electron chi connectivity index (χ1n) is 5.18. The lowest BCUT2D eigenvalue weighted by Crippen LogP contribution is -2.28. The topological polar surface area (TPSA) is 30.4 Å². The summed E-state index contributed by atoms with van der Waals surface area (Å²) in [7, 11) is 0. The van der Waals surface area contributed by atoms with E-state index in [1.54, 1.807) is 0 Å². The molecule has 2 aromatic rings. The fraction of sp³-hybridized carbons (Fsp3) is 0.333. The molecule has 14 heavy (non-hydrogen) atoms. The molecule has 0 saturated carbocycles. The molecule has 0 amide bonds. The lowest BCUT2D eigenvalue weighted by atomic mass is 9.94. The van der Waals surface area contributed by atoms with Crippen LogP contribution >= 0.6 is 0 Å². The molecule has 2 heteroatoms. The third-order valence-electron chi connectivity index (χ3n) is 3.11. The highest BCUT2D eigenvalue weighted by Crippen LogP contribution is 2.24. The Bertz CT molecular complexity index is 470. The molecule has 2 aromatic heterocycles. The maximum atomic E-state index is 5.99. The van der Waals surface area contributed by atoms with E-state index in [1.165, 1.54) is 16.8 Å². The van der Waals surface area contributed by atoms with Crippen molar-refractivity contribution in [3.05, 3.63) is 41.7 Å². The van der Waals surface area contributed by atoms with Gasteiger partial charge in [0.2, 0.25) is 0 Å².